The van der Waals surface area contributed by atoms with Crippen LogP contribution in [-0.4, -0.2) is 12.2 Å². The predicted octanol–water partition coefficient (Wildman–Crippen LogP) is 3.31. The van der Waals surface area contributed by atoms with Gasteiger partial charge in [-0.1, -0.05) is 38.3 Å². The third kappa shape index (κ3) is 3.92. The van der Waals surface area contributed by atoms with Crippen LogP contribution in [0.5, 0.6) is 5.75 Å². The van der Waals surface area contributed by atoms with Gasteiger partial charge < -0.3 is 9.84 Å². The molecule has 1 N–H and O–H groups in total. The van der Waals surface area contributed by atoms with E-state index in [4.69, 9.17) is 4.74 Å². The molecule has 2 heteroatoms. The van der Waals surface area contributed by atoms with Crippen molar-refractivity contribution >= 4 is 0 Å². The molecule has 0 saturated heterocycles. The second kappa shape index (κ2) is 6.46. The van der Waals surface area contributed by atoms with Crippen LogP contribution in [0.25, 0.3) is 0 Å². The van der Waals surface area contributed by atoms with E-state index in [1.165, 1.54) is 12.8 Å². The lowest BCUT2D eigenvalue weighted by Gasteiger charge is -2.11. The van der Waals surface area contributed by atoms with Crippen molar-refractivity contribution in [3.05, 3.63) is 29.8 Å². The van der Waals surface area contributed by atoms with E-state index in [1.807, 2.05) is 24.3 Å². The number of benzene rings is 1. The van der Waals surface area contributed by atoms with Gasteiger partial charge in [0.2, 0.25) is 0 Å². The number of aliphatic hydroxyl groups is 1. The van der Waals surface area contributed by atoms with E-state index in [-0.39, 0.29) is 6.10 Å². The van der Waals surface area contributed by atoms with Crippen molar-refractivity contribution in [3.8, 4) is 5.75 Å². The summed E-state index contributed by atoms with van der Waals surface area (Å²) in [4.78, 5) is 0. The molecule has 0 amide bonds. The summed E-state index contributed by atoms with van der Waals surface area (Å²) in [6, 6.07) is 7.65. The zero-order valence-corrected chi connectivity index (χ0v) is 9.57. The molecule has 0 heterocycles. The highest BCUT2D eigenvalue weighted by Crippen LogP contribution is 2.23. The van der Waals surface area contributed by atoms with Crippen LogP contribution in [0.4, 0.5) is 0 Å². The van der Waals surface area contributed by atoms with E-state index in [0.717, 1.165) is 24.2 Å². The Morgan fingerprint density at radius 3 is 2.80 bits per heavy atom. The molecule has 0 spiro atoms. The van der Waals surface area contributed by atoms with Crippen LogP contribution < -0.4 is 4.74 Å². The maximum Gasteiger partial charge on any atom is 0.119 e. The summed E-state index contributed by atoms with van der Waals surface area (Å²) in [5, 5.41) is 9.91. The van der Waals surface area contributed by atoms with Crippen LogP contribution in [0.2, 0.25) is 0 Å². The number of ether oxygens (including phenoxy) is 1. The van der Waals surface area contributed by atoms with E-state index >= 15 is 0 Å². The van der Waals surface area contributed by atoms with Crippen molar-refractivity contribution in [1.82, 2.24) is 0 Å². The van der Waals surface area contributed by atoms with Gasteiger partial charge in [0.15, 0.2) is 0 Å². The second-order valence-electron chi connectivity index (χ2n) is 3.79. The van der Waals surface area contributed by atoms with Crippen molar-refractivity contribution in [1.29, 1.82) is 0 Å². The Hall–Kier alpha value is -1.02. The minimum Gasteiger partial charge on any atom is -0.497 e. The van der Waals surface area contributed by atoms with Crippen LogP contribution >= 0.6 is 0 Å². The molecule has 0 radical (unpaired) electrons. The molecule has 0 aliphatic rings. The minimum atomic E-state index is -0.355. The monoisotopic (exact) mass is 208 g/mol. The zero-order chi connectivity index (χ0) is 11.1. The van der Waals surface area contributed by atoms with Gasteiger partial charge in [-0.05, 0) is 24.1 Å². The minimum absolute atomic E-state index is 0.355. The van der Waals surface area contributed by atoms with Crippen LogP contribution in [-0.2, 0) is 0 Å². The smallest absolute Gasteiger partial charge is 0.119 e. The summed E-state index contributed by atoms with van der Waals surface area (Å²) in [7, 11) is 1.64. The van der Waals surface area contributed by atoms with E-state index in [2.05, 4.69) is 6.92 Å². The van der Waals surface area contributed by atoms with Crippen molar-refractivity contribution in [2.24, 2.45) is 0 Å². The molecule has 1 rings (SSSR count). The molecule has 1 aromatic rings. The largest absolute Gasteiger partial charge is 0.497 e. The van der Waals surface area contributed by atoms with Gasteiger partial charge in [0.25, 0.3) is 0 Å². The Kier molecular flexibility index (Phi) is 5.19. The first kappa shape index (κ1) is 12.1. The Balaban J connectivity index is 2.52. The van der Waals surface area contributed by atoms with Crippen molar-refractivity contribution < 1.29 is 9.84 Å². The van der Waals surface area contributed by atoms with Crippen LogP contribution in [0, 0.1) is 0 Å². The first-order valence-electron chi connectivity index (χ1n) is 5.60. The van der Waals surface area contributed by atoms with Gasteiger partial charge in [-0.15, -0.1) is 0 Å². The van der Waals surface area contributed by atoms with Crippen LogP contribution in [0.3, 0.4) is 0 Å². The first-order chi connectivity index (χ1) is 7.27. The van der Waals surface area contributed by atoms with Gasteiger partial charge in [0.05, 0.1) is 13.2 Å². The molecule has 2 nitrogen and oxygen atoms in total. The number of aliphatic hydroxyl groups excluding tert-OH is 1. The summed E-state index contributed by atoms with van der Waals surface area (Å²) in [5.74, 6) is 0.807. The fraction of sp³-hybridized carbons (Fsp3) is 0.538. The Morgan fingerprint density at radius 1 is 1.33 bits per heavy atom. The molecule has 0 aromatic heterocycles. The van der Waals surface area contributed by atoms with Gasteiger partial charge in [-0.2, -0.15) is 0 Å². The highest BCUT2D eigenvalue weighted by atomic mass is 16.5. The standard InChI is InChI=1S/C13H20O2/c1-3-4-5-9-13(14)11-7-6-8-12(10-11)15-2/h6-8,10,13-14H,3-5,9H2,1-2H3/t13-/m0/s1. The summed E-state index contributed by atoms with van der Waals surface area (Å²) in [6.45, 7) is 2.16. The molecule has 0 aliphatic carbocycles. The first-order valence-corrected chi connectivity index (χ1v) is 5.60. The van der Waals surface area contributed by atoms with E-state index in [0.29, 0.717) is 0 Å². The molecule has 0 aliphatic heterocycles. The number of hydrogen-bond acceptors (Lipinski definition) is 2. The van der Waals surface area contributed by atoms with Crippen LogP contribution in [0.1, 0.15) is 44.3 Å². The summed E-state index contributed by atoms with van der Waals surface area (Å²) < 4.78 is 5.12. The maximum atomic E-state index is 9.91. The highest BCUT2D eigenvalue weighted by Gasteiger charge is 2.07. The summed E-state index contributed by atoms with van der Waals surface area (Å²) in [5.41, 5.74) is 0.949. The lowest BCUT2D eigenvalue weighted by molar-refractivity contribution is 0.163. The van der Waals surface area contributed by atoms with Gasteiger partial charge in [-0.3, -0.25) is 0 Å². The summed E-state index contributed by atoms with van der Waals surface area (Å²) in [6.07, 6.45) is 3.92. The fourth-order valence-electron chi connectivity index (χ4n) is 1.60. The van der Waals surface area contributed by atoms with Gasteiger partial charge in [-0.25, -0.2) is 0 Å². The fourth-order valence-corrected chi connectivity index (χ4v) is 1.60. The molecule has 0 saturated carbocycles. The van der Waals surface area contributed by atoms with Crippen molar-refractivity contribution in [2.75, 3.05) is 7.11 Å². The normalized spacial score (nSPS) is 12.5. The number of hydrogen-bond donors (Lipinski definition) is 1. The molecule has 0 fully saturated rings. The molecule has 1 aromatic carbocycles. The van der Waals surface area contributed by atoms with Gasteiger partial charge >= 0.3 is 0 Å². The number of rotatable bonds is 6. The van der Waals surface area contributed by atoms with E-state index < -0.39 is 0 Å². The maximum absolute atomic E-state index is 9.91. The lowest BCUT2D eigenvalue weighted by Crippen LogP contribution is -1.97. The van der Waals surface area contributed by atoms with Gasteiger partial charge in [0, 0.05) is 0 Å². The number of methoxy groups -OCH3 is 1. The Bertz CT molecular complexity index is 284. The average molecular weight is 208 g/mol. The highest BCUT2D eigenvalue weighted by molar-refractivity contribution is 5.29. The lowest BCUT2D eigenvalue weighted by atomic mass is 10.0. The third-order valence-electron chi connectivity index (χ3n) is 2.56. The third-order valence-corrected chi connectivity index (χ3v) is 2.56. The molecular weight excluding hydrogens is 188 g/mol. The number of unbranched alkanes of at least 4 members (excludes halogenated alkanes) is 2. The van der Waals surface area contributed by atoms with Crippen molar-refractivity contribution in [3.63, 3.8) is 0 Å². The molecular formula is C13H20O2. The molecule has 0 unspecified atom stereocenters. The molecule has 0 bridgehead atoms. The van der Waals surface area contributed by atoms with Gasteiger partial charge in [0.1, 0.15) is 5.75 Å². The SMILES string of the molecule is CCCCC[C@H](O)c1cccc(OC)c1. The average Bonchev–Trinajstić information content (AvgIpc) is 2.29. The summed E-state index contributed by atoms with van der Waals surface area (Å²) >= 11 is 0. The van der Waals surface area contributed by atoms with E-state index in [1.54, 1.807) is 7.11 Å². The quantitative estimate of drug-likeness (QED) is 0.727. The predicted molar refractivity (Wildman–Crippen MR) is 62.1 cm³/mol. The zero-order valence-electron chi connectivity index (χ0n) is 9.57. The molecule has 15 heavy (non-hydrogen) atoms. The Labute approximate surface area is 91.9 Å². The second-order valence-corrected chi connectivity index (χ2v) is 3.79. The Morgan fingerprint density at radius 2 is 2.13 bits per heavy atom. The van der Waals surface area contributed by atoms with Crippen molar-refractivity contribution in [2.45, 2.75) is 38.7 Å². The van der Waals surface area contributed by atoms with Crippen LogP contribution in [0.15, 0.2) is 24.3 Å². The van der Waals surface area contributed by atoms with E-state index in [9.17, 15) is 5.11 Å². The molecule has 1 atom stereocenters. The topological polar surface area (TPSA) is 29.5 Å². The molecule has 84 valence electrons.